The minimum Gasteiger partial charge on any atom is -0.306 e. The molecule has 68 heavy (non-hydrogen) atoms. The monoisotopic (exact) mass is 946 g/mol. The number of fused-ring (bicyclic) bond motifs is 5. The Kier molecular flexibility index (Phi) is 11.1. The van der Waals surface area contributed by atoms with Gasteiger partial charge in [0.15, 0.2) is 0 Å². The van der Waals surface area contributed by atoms with Crippen LogP contribution in [0.3, 0.4) is 0 Å². The van der Waals surface area contributed by atoms with E-state index in [0.717, 1.165) is 45.8 Å². The summed E-state index contributed by atoms with van der Waals surface area (Å²) in [5.74, 6) is 0. The topological polar surface area (TPSA) is 32.3 Å². The summed E-state index contributed by atoms with van der Waals surface area (Å²) in [5, 5.41) is 6.71. The highest BCUT2D eigenvalue weighted by Gasteiger charge is 2.29. The minimum atomic E-state index is 1.00. The number of hydrogen-bond donors (Lipinski definition) is 0. The summed E-state index contributed by atoms with van der Waals surface area (Å²) in [7, 11) is 0. The highest BCUT2D eigenvalue weighted by Crippen LogP contribution is 2.54. The molecule has 0 spiro atoms. The standard InChI is InChI=1S/C34H26N2S2.C26H16N2S2/c1-3-23-15-17-24(18-16-23)26-21-25(30-13-8-20-37-30)33-22(2)14-19-29(34(33)35-26)36-27-9-4-6-11-31(27)38-32-12-7-5-10-28(32)36;1-17-12-13-21(26-25(17)18(14-15-27-26)22-11-6-16-29-22)28-19-7-2-4-9-23(19)30-24-10-5-3-8-20(24)28/h4-21H,3H2,1-2H3;2,4,6-16H,1H3. The molecule has 0 amide bonds. The van der Waals surface area contributed by atoms with Crippen molar-refractivity contribution in [1.29, 1.82) is 0 Å². The normalized spacial score (nSPS) is 13.3. The number of thioether (sulfide) groups is 1. The molecule has 0 bridgehead atoms. The average molecular weight is 947 g/mol. The summed E-state index contributed by atoms with van der Waals surface area (Å²) in [6.45, 7) is 6.57. The number of aryl methyl sites for hydroxylation is 3. The van der Waals surface area contributed by atoms with E-state index in [1.807, 2.05) is 30.1 Å². The Hall–Kier alpha value is -7.12. The van der Waals surface area contributed by atoms with Crippen LogP contribution in [0.25, 0.3) is 53.9 Å². The van der Waals surface area contributed by atoms with Gasteiger partial charge in [0.05, 0.1) is 50.9 Å². The number of hydrogen-bond acceptors (Lipinski definition) is 8. The quantitative estimate of drug-likeness (QED) is 0.154. The lowest BCUT2D eigenvalue weighted by atomic mass is 9.97. The maximum absolute atomic E-state index is 5.41. The summed E-state index contributed by atoms with van der Waals surface area (Å²) in [5.41, 5.74) is 23.6. The summed E-state index contributed by atoms with van der Waals surface area (Å²) in [6.07, 6.45) is 6.99. The summed E-state index contributed by atoms with van der Waals surface area (Å²) >= 11 is 7.16. The fourth-order valence-corrected chi connectivity index (χ4v) is 13.0. The van der Waals surface area contributed by atoms with Crippen molar-refractivity contribution < 1.29 is 0 Å². The van der Waals surface area contributed by atoms with Gasteiger partial charge in [-0.15, -0.1) is 22.7 Å². The van der Waals surface area contributed by atoms with E-state index in [-0.39, 0.29) is 0 Å². The number of benzene rings is 6. The molecule has 6 heterocycles. The van der Waals surface area contributed by atoms with Crippen LogP contribution in [0, 0.1) is 13.8 Å². The van der Waals surface area contributed by atoms with E-state index in [1.54, 1.807) is 34.4 Å². The number of para-hydroxylation sites is 3. The van der Waals surface area contributed by atoms with Gasteiger partial charge in [0.2, 0.25) is 0 Å². The first-order valence-corrected chi connectivity index (χ1v) is 26.1. The molecular weight excluding hydrogens is 905 g/mol. The van der Waals surface area contributed by atoms with Gasteiger partial charge in [-0.25, -0.2) is 4.98 Å². The molecule has 8 heteroatoms. The van der Waals surface area contributed by atoms with E-state index < -0.39 is 0 Å². The number of pyridine rings is 2. The number of aromatic nitrogens is 2. The Labute approximate surface area is 413 Å². The van der Waals surface area contributed by atoms with Crippen molar-refractivity contribution in [3.63, 3.8) is 0 Å². The smallest absolute Gasteiger partial charge is 0.0959 e. The van der Waals surface area contributed by atoms with Gasteiger partial charge in [-0.05, 0) is 121 Å². The summed E-state index contributed by atoms with van der Waals surface area (Å²) < 4.78 is 0. The molecule has 0 N–H and O–H groups in total. The van der Waals surface area contributed by atoms with Crippen molar-refractivity contribution in [3.05, 3.63) is 226 Å². The first-order chi connectivity index (χ1) is 33.5. The Bertz CT molecular complexity index is 3680. The number of allylic oxidation sites excluding steroid dienone is 2. The zero-order valence-electron chi connectivity index (χ0n) is 37.5. The molecule has 2 aliphatic heterocycles. The largest absolute Gasteiger partial charge is 0.306 e. The van der Waals surface area contributed by atoms with Gasteiger partial charge < -0.3 is 9.80 Å². The Morgan fingerprint density at radius 2 is 1.09 bits per heavy atom. The van der Waals surface area contributed by atoms with Crippen molar-refractivity contribution in [2.24, 2.45) is 0 Å². The molecule has 4 aromatic heterocycles. The lowest BCUT2D eigenvalue weighted by Crippen LogP contribution is -2.20. The zero-order chi connectivity index (χ0) is 45.7. The summed E-state index contributed by atoms with van der Waals surface area (Å²) in [6, 6.07) is 56.7. The molecule has 0 saturated carbocycles. The highest BCUT2D eigenvalue weighted by atomic mass is 32.2. The molecule has 3 aliphatic rings. The molecule has 13 rings (SSSR count). The van der Waals surface area contributed by atoms with Crippen LogP contribution in [0.2, 0.25) is 0 Å². The second-order valence-corrected chi connectivity index (χ2v) is 20.8. The van der Waals surface area contributed by atoms with Gasteiger partial charge in [0, 0.05) is 75.2 Å². The molecule has 10 aromatic rings. The first kappa shape index (κ1) is 42.2. The predicted molar refractivity (Wildman–Crippen MR) is 291 cm³/mol. The van der Waals surface area contributed by atoms with Crippen molar-refractivity contribution >= 4 is 96.4 Å². The van der Waals surface area contributed by atoms with E-state index in [4.69, 9.17) is 9.97 Å². The second kappa shape index (κ2) is 17.8. The molecule has 1 aliphatic carbocycles. The van der Waals surface area contributed by atoms with Crippen molar-refractivity contribution in [3.8, 4) is 32.1 Å². The van der Waals surface area contributed by atoms with Gasteiger partial charge in [0.25, 0.3) is 0 Å². The molecule has 4 nitrogen and oxygen atoms in total. The fraction of sp³-hybridized carbons (Fsp3) is 0.0667. The third-order valence-electron chi connectivity index (χ3n) is 12.7. The van der Waals surface area contributed by atoms with Crippen LogP contribution in [0.15, 0.2) is 224 Å². The number of thiophene rings is 2. The van der Waals surface area contributed by atoms with E-state index in [1.165, 1.54) is 85.0 Å². The predicted octanol–water partition coefficient (Wildman–Crippen LogP) is 18.0. The molecule has 326 valence electrons. The van der Waals surface area contributed by atoms with Crippen molar-refractivity contribution in [2.75, 3.05) is 9.80 Å². The van der Waals surface area contributed by atoms with E-state index in [0.29, 0.717) is 0 Å². The van der Waals surface area contributed by atoms with E-state index >= 15 is 0 Å². The van der Waals surface area contributed by atoms with Crippen molar-refractivity contribution in [2.45, 2.75) is 41.9 Å². The van der Waals surface area contributed by atoms with Crippen LogP contribution >= 0.6 is 46.2 Å². The van der Waals surface area contributed by atoms with Gasteiger partial charge in [0.1, 0.15) is 0 Å². The Morgan fingerprint density at radius 1 is 0.515 bits per heavy atom. The summed E-state index contributed by atoms with van der Waals surface area (Å²) in [4.78, 5) is 22.4. The van der Waals surface area contributed by atoms with Gasteiger partial charge in [-0.3, -0.25) is 4.98 Å². The molecule has 0 radical (unpaired) electrons. The van der Waals surface area contributed by atoms with Gasteiger partial charge in [-0.1, -0.05) is 127 Å². The molecule has 6 aromatic carbocycles. The molecule has 0 fully saturated rings. The van der Waals surface area contributed by atoms with Crippen LogP contribution in [0.5, 0.6) is 0 Å². The molecule has 0 saturated heterocycles. The zero-order valence-corrected chi connectivity index (χ0v) is 40.8. The first-order valence-electron chi connectivity index (χ1n) is 22.7. The van der Waals surface area contributed by atoms with E-state index in [2.05, 4.69) is 211 Å². The van der Waals surface area contributed by atoms with Crippen LogP contribution in [-0.4, -0.2) is 9.97 Å². The van der Waals surface area contributed by atoms with Crippen LogP contribution < -0.4 is 9.80 Å². The minimum absolute atomic E-state index is 1.00. The van der Waals surface area contributed by atoms with Gasteiger partial charge >= 0.3 is 0 Å². The number of rotatable bonds is 6. The number of anilines is 5. The lowest BCUT2D eigenvalue weighted by molar-refractivity contribution is 1.14. The van der Waals surface area contributed by atoms with Crippen LogP contribution in [-0.2, 0) is 6.42 Å². The lowest BCUT2D eigenvalue weighted by Gasteiger charge is -2.33. The molecule has 0 atom stereocenters. The Morgan fingerprint density at radius 3 is 1.72 bits per heavy atom. The SMILES string of the molecule is CCc1ccc(-c2cc(-c3cccs3)c3c(C)ccc(N4c5ccccc5Sc5ccccc54)c3n2)cc1.Cc1ccc(N2C3=C(C=C=C=C3)Sc3ccccc32)c2nccc(-c3cccs3)c12. The second-order valence-electron chi connectivity index (χ2n) is 16.8. The van der Waals surface area contributed by atoms with Crippen molar-refractivity contribution in [1.82, 2.24) is 9.97 Å². The third kappa shape index (κ3) is 7.44. The van der Waals surface area contributed by atoms with E-state index in [9.17, 15) is 0 Å². The molecular formula is C60H42N4S4. The maximum Gasteiger partial charge on any atom is 0.0959 e. The number of nitrogens with zero attached hydrogens (tertiary/aromatic N) is 4. The highest BCUT2D eigenvalue weighted by molar-refractivity contribution is 8.03. The molecule has 0 unspecified atom stereocenters. The Balaban J connectivity index is 0.000000145. The third-order valence-corrected chi connectivity index (χ3v) is 16.7. The maximum atomic E-state index is 5.41. The average Bonchev–Trinajstić information content (AvgIpc) is 4.15. The fourth-order valence-electron chi connectivity index (χ4n) is 9.42. The van der Waals surface area contributed by atoms with Crippen LogP contribution in [0.4, 0.5) is 28.4 Å². The van der Waals surface area contributed by atoms with Crippen LogP contribution in [0.1, 0.15) is 23.6 Å². The van der Waals surface area contributed by atoms with Gasteiger partial charge in [-0.2, -0.15) is 0 Å².